The Hall–Kier alpha value is -1.59. The molecule has 0 aliphatic carbocycles. The number of nitrogens with two attached hydrogens (primary N) is 1. The second-order valence-electron chi connectivity index (χ2n) is 5.43. The lowest BCUT2D eigenvalue weighted by Crippen LogP contribution is -2.40. The van der Waals surface area contributed by atoms with Crippen LogP contribution in [-0.4, -0.2) is 43.7 Å². The topological polar surface area (TPSA) is 62.9 Å². The largest absolute Gasteiger partial charge is 0.383 e. The van der Waals surface area contributed by atoms with Gasteiger partial charge in [0, 0.05) is 19.7 Å². The van der Waals surface area contributed by atoms with Crippen molar-refractivity contribution in [3.8, 4) is 0 Å². The van der Waals surface area contributed by atoms with Crippen molar-refractivity contribution in [1.29, 1.82) is 0 Å². The van der Waals surface area contributed by atoms with Crippen LogP contribution in [0.2, 0.25) is 0 Å². The van der Waals surface area contributed by atoms with Gasteiger partial charge in [-0.15, -0.1) is 0 Å². The van der Waals surface area contributed by atoms with Gasteiger partial charge < -0.3 is 15.8 Å². The zero-order valence-corrected chi connectivity index (χ0v) is 14.3. The Kier molecular flexibility index (Phi) is 8.55. The molecule has 0 heterocycles. The number of nitrogens with zero attached hydrogens (tertiary/aromatic N) is 2. The highest BCUT2D eigenvalue weighted by atomic mass is 16.5. The smallest absolute Gasteiger partial charge is 0.189 e. The van der Waals surface area contributed by atoms with Crippen molar-refractivity contribution in [2.45, 2.75) is 39.9 Å². The van der Waals surface area contributed by atoms with Gasteiger partial charge in [-0.25, -0.2) is 4.99 Å². The van der Waals surface area contributed by atoms with E-state index in [0.717, 1.165) is 19.6 Å². The fraction of sp³-hybridized carbons (Fsp3) is 0.588. The predicted octanol–water partition coefficient (Wildman–Crippen LogP) is 1.97. The summed E-state index contributed by atoms with van der Waals surface area (Å²) in [6.07, 6.45) is 0. The molecule has 1 aromatic carbocycles. The Morgan fingerprint density at radius 2 is 1.91 bits per heavy atom. The summed E-state index contributed by atoms with van der Waals surface area (Å²) in [6.45, 7) is 10.6. The molecule has 0 saturated carbocycles. The van der Waals surface area contributed by atoms with E-state index >= 15 is 0 Å². The Bertz CT molecular complexity index is 458. The molecule has 0 aliphatic heterocycles. The molecule has 5 heteroatoms. The molecule has 0 fully saturated rings. The molecule has 3 N–H and O–H groups in total. The number of rotatable bonds is 9. The summed E-state index contributed by atoms with van der Waals surface area (Å²) in [5.41, 5.74) is 8.46. The van der Waals surface area contributed by atoms with Crippen LogP contribution >= 0.6 is 0 Å². The molecule has 0 saturated heterocycles. The number of methoxy groups -OCH3 is 1. The van der Waals surface area contributed by atoms with Crippen LogP contribution in [0.25, 0.3) is 0 Å². The Morgan fingerprint density at radius 1 is 1.27 bits per heavy atom. The maximum absolute atomic E-state index is 5.93. The highest BCUT2D eigenvalue weighted by molar-refractivity contribution is 5.78. The van der Waals surface area contributed by atoms with Gasteiger partial charge in [-0.3, -0.25) is 4.90 Å². The Morgan fingerprint density at radius 3 is 2.50 bits per heavy atom. The van der Waals surface area contributed by atoms with E-state index in [4.69, 9.17) is 10.5 Å². The maximum atomic E-state index is 5.93. The number of hydrogen-bond donors (Lipinski definition) is 2. The number of nitrogens with one attached hydrogen (secondary N) is 1. The van der Waals surface area contributed by atoms with Gasteiger partial charge in [0.15, 0.2) is 5.96 Å². The first-order valence-electron chi connectivity index (χ1n) is 7.95. The fourth-order valence-electron chi connectivity index (χ4n) is 2.31. The Balaban J connectivity index is 2.68. The highest BCUT2D eigenvalue weighted by Gasteiger charge is 2.06. The van der Waals surface area contributed by atoms with Gasteiger partial charge in [-0.2, -0.15) is 0 Å². The fourth-order valence-corrected chi connectivity index (χ4v) is 2.31. The lowest BCUT2D eigenvalue weighted by molar-refractivity contribution is 0.179. The quantitative estimate of drug-likeness (QED) is 0.541. The van der Waals surface area contributed by atoms with Crippen LogP contribution in [0.3, 0.4) is 0 Å². The molecule has 0 aliphatic rings. The van der Waals surface area contributed by atoms with Crippen LogP contribution in [0.1, 0.15) is 31.9 Å². The number of ether oxygens (including phenoxy) is 1. The van der Waals surface area contributed by atoms with Crippen LogP contribution in [0, 0.1) is 0 Å². The van der Waals surface area contributed by atoms with Crippen molar-refractivity contribution < 1.29 is 4.74 Å². The number of benzene rings is 1. The molecule has 0 aromatic heterocycles. The van der Waals surface area contributed by atoms with E-state index in [0.29, 0.717) is 19.1 Å². The minimum atomic E-state index is 0.152. The number of hydrogen-bond acceptors (Lipinski definition) is 3. The third kappa shape index (κ3) is 6.45. The van der Waals surface area contributed by atoms with Gasteiger partial charge in [0.25, 0.3) is 0 Å². The summed E-state index contributed by atoms with van der Waals surface area (Å²) < 4.78 is 5.08. The van der Waals surface area contributed by atoms with E-state index in [-0.39, 0.29) is 6.04 Å². The van der Waals surface area contributed by atoms with Crippen LogP contribution < -0.4 is 11.1 Å². The Labute approximate surface area is 134 Å². The summed E-state index contributed by atoms with van der Waals surface area (Å²) in [7, 11) is 1.68. The predicted molar refractivity (Wildman–Crippen MR) is 92.9 cm³/mol. The van der Waals surface area contributed by atoms with Crippen molar-refractivity contribution >= 4 is 5.96 Å². The van der Waals surface area contributed by atoms with E-state index in [1.807, 2.05) is 13.0 Å². The van der Waals surface area contributed by atoms with Crippen LogP contribution in [0.5, 0.6) is 0 Å². The monoisotopic (exact) mass is 306 g/mol. The minimum Gasteiger partial charge on any atom is -0.383 e. The lowest BCUT2D eigenvalue weighted by atomic mass is 10.1. The third-order valence-corrected chi connectivity index (χ3v) is 3.64. The SMILES string of the molecule is CCN(CC)Cc1ccccc1CN=C(N)NC(C)COC. The summed E-state index contributed by atoms with van der Waals surface area (Å²) in [4.78, 5) is 6.84. The van der Waals surface area contributed by atoms with Crippen LogP contribution in [0.4, 0.5) is 0 Å². The third-order valence-electron chi connectivity index (χ3n) is 3.64. The van der Waals surface area contributed by atoms with Gasteiger partial charge >= 0.3 is 0 Å². The number of aliphatic imine (C=N–C) groups is 1. The second-order valence-corrected chi connectivity index (χ2v) is 5.43. The summed E-state index contributed by atoms with van der Waals surface area (Å²) in [6, 6.07) is 8.57. The molecular formula is C17H30N4O. The normalized spacial score (nSPS) is 13.4. The first kappa shape index (κ1) is 18.5. The van der Waals surface area contributed by atoms with Gasteiger partial charge in [0.1, 0.15) is 0 Å². The molecule has 1 rings (SSSR count). The minimum absolute atomic E-state index is 0.152. The van der Waals surface area contributed by atoms with Crippen LogP contribution in [0.15, 0.2) is 29.3 Å². The molecule has 0 spiro atoms. The van der Waals surface area contributed by atoms with Crippen molar-refractivity contribution in [1.82, 2.24) is 10.2 Å². The average Bonchev–Trinajstić information content (AvgIpc) is 2.51. The first-order valence-corrected chi connectivity index (χ1v) is 7.95. The summed E-state index contributed by atoms with van der Waals surface area (Å²) in [5, 5.41) is 3.13. The molecule has 1 unspecified atom stereocenters. The average molecular weight is 306 g/mol. The molecule has 1 atom stereocenters. The van der Waals surface area contributed by atoms with Crippen molar-refractivity contribution in [2.24, 2.45) is 10.7 Å². The molecule has 0 amide bonds. The van der Waals surface area contributed by atoms with Gasteiger partial charge in [-0.1, -0.05) is 38.1 Å². The molecule has 0 bridgehead atoms. The molecule has 1 aromatic rings. The van der Waals surface area contributed by atoms with Gasteiger partial charge in [0.2, 0.25) is 0 Å². The molecule has 124 valence electrons. The van der Waals surface area contributed by atoms with E-state index in [1.165, 1.54) is 11.1 Å². The van der Waals surface area contributed by atoms with E-state index < -0.39 is 0 Å². The van der Waals surface area contributed by atoms with Crippen LogP contribution in [-0.2, 0) is 17.8 Å². The lowest BCUT2D eigenvalue weighted by Gasteiger charge is -2.20. The van der Waals surface area contributed by atoms with Crippen molar-refractivity contribution in [3.63, 3.8) is 0 Å². The number of guanidine groups is 1. The summed E-state index contributed by atoms with van der Waals surface area (Å²) in [5.74, 6) is 0.460. The standard InChI is InChI=1S/C17H30N4O/c1-5-21(6-2)12-16-10-8-7-9-15(16)11-19-17(18)20-14(3)13-22-4/h7-10,14H,5-6,11-13H2,1-4H3,(H3,18,19,20). The van der Waals surface area contributed by atoms with Crippen molar-refractivity contribution in [3.05, 3.63) is 35.4 Å². The highest BCUT2D eigenvalue weighted by Crippen LogP contribution is 2.12. The maximum Gasteiger partial charge on any atom is 0.189 e. The molecule has 22 heavy (non-hydrogen) atoms. The molecule has 0 radical (unpaired) electrons. The van der Waals surface area contributed by atoms with Gasteiger partial charge in [-0.05, 0) is 31.1 Å². The first-order chi connectivity index (χ1) is 10.6. The van der Waals surface area contributed by atoms with Gasteiger partial charge in [0.05, 0.1) is 13.2 Å². The van der Waals surface area contributed by atoms with E-state index in [2.05, 4.69) is 47.3 Å². The van der Waals surface area contributed by atoms with Crippen molar-refractivity contribution in [2.75, 3.05) is 26.8 Å². The second kappa shape index (κ2) is 10.2. The zero-order valence-electron chi connectivity index (χ0n) is 14.3. The molecular weight excluding hydrogens is 276 g/mol. The van der Waals surface area contributed by atoms with E-state index in [9.17, 15) is 0 Å². The zero-order chi connectivity index (χ0) is 16.4. The van der Waals surface area contributed by atoms with E-state index in [1.54, 1.807) is 7.11 Å². The summed E-state index contributed by atoms with van der Waals surface area (Å²) >= 11 is 0. The molecule has 5 nitrogen and oxygen atoms in total.